The van der Waals surface area contributed by atoms with E-state index in [-0.39, 0.29) is 11.3 Å². The summed E-state index contributed by atoms with van der Waals surface area (Å²) in [6.07, 6.45) is 15.0. The monoisotopic (exact) mass is 399 g/mol. The summed E-state index contributed by atoms with van der Waals surface area (Å²) in [4.78, 5) is 17.3. The minimum Gasteiger partial charge on any atom is -0.449 e. The molecule has 8 atom stereocenters. The van der Waals surface area contributed by atoms with Gasteiger partial charge in [0.1, 0.15) is 12.0 Å². The highest BCUT2D eigenvalue weighted by Crippen LogP contribution is 2.64. The standard InChI is InChI=1S/C25H37NO3/c1-3-25(28)11-9-17-16(15-25)4-5-19-18(17)8-10-24(2)20(19)6-7-21(24)22(27)14-23-26-12-13-29-23/h12-13,16-21,28H,3-11,14-15H2,1-2H3. The van der Waals surface area contributed by atoms with Gasteiger partial charge < -0.3 is 9.52 Å². The van der Waals surface area contributed by atoms with Gasteiger partial charge in [-0.3, -0.25) is 4.79 Å². The van der Waals surface area contributed by atoms with Crippen LogP contribution in [0.2, 0.25) is 0 Å². The summed E-state index contributed by atoms with van der Waals surface area (Å²) in [5, 5.41) is 10.9. The van der Waals surface area contributed by atoms with Crippen molar-refractivity contribution in [2.75, 3.05) is 0 Å². The van der Waals surface area contributed by atoms with Gasteiger partial charge in [-0.25, -0.2) is 4.98 Å². The van der Waals surface area contributed by atoms with E-state index in [1.165, 1.54) is 38.5 Å². The van der Waals surface area contributed by atoms with Gasteiger partial charge >= 0.3 is 0 Å². The zero-order valence-electron chi connectivity index (χ0n) is 18.1. The van der Waals surface area contributed by atoms with Gasteiger partial charge in [-0.15, -0.1) is 0 Å². The molecule has 1 aromatic rings. The van der Waals surface area contributed by atoms with Gasteiger partial charge in [0.15, 0.2) is 0 Å². The normalized spacial score (nSPS) is 46.6. The van der Waals surface area contributed by atoms with E-state index in [9.17, 15) is 9.90 Å². The van der Waals surface area contributed by atoms with E-state index in [0.717, 1.165) is 49.4 Å². The molecule has 0 aromatic carbocycles. The summed E-state index contributed by atoms with van der Waals surface area (Å²) >= 11 is 0. The van der Waals surface area contributed by atoms with Crippen molar-refractivity contribution in [1.82, 2.24) is 4.98 Å². The molecule has 1 heterocycles. The summed E-state index contributed by atoms with van der Waals surface area (Å²) in [6.45, 7) is 4.56. The third-order valence-electron chi connectivity index (χ3n) is 9.96. The molecule has 0 radical (unpaired) electrons. The van der Waals surface area contributed by atoms with E-state index < -0.39 is 5.60 Å². The van der Waals surface area contributed by atoms with Crippen molar-refractivity contribution in [2.24, 2.45) is 40.9 Å². The van der Waals surface area contributed by atoms with E-state index in [1.54, 1.807) is 12.5 Å². The van der Waals surface area contributed by atoms with Crippen molar-refractivity contribution in [2.45, 2.75) is 90.1 Å². The Morgan fingerprint density at radius 2 is 1.97 bits per heavy atom. The zero-order chi connectivity index (χ0) is 20.2. The van der Waals surface area contributed by atoms with Crippen molar-refractivity contribution in [3.05, 3.63) is 18.4 Å². The van der Waals surface area contributed by atoms with E-state index in [4.69, 9.17) is 4.42 Å². The Balaban J connectivity index is 1.31. The summed E-state index contributed by atoms with van der Waals surface area (Å²) in [5.41, 5.74) is -0.238. The van der Waals surface area contributed by atoms with Crippen LogP contribution in [0.5, 0.6) is 0 Å². The van der Waals surface area contributed by atoms with Crippen LogP contribution in [-0.2, 0) is 11.2 Å². The van der Waals surface area contributed by atoms with Gasteiger partial charge in [-0.2, -0.15) is 0 Å². The molecule has 4 aliphatic carbocycles. The number of aromatic nitrogens is 1. The number of aliphatic hydroxyl groups is 1. The number of carbonyl (C=O) groups is 1. The van der Waals surface area contributed by atoms with Crippen molar-refractivity contribution in [3.8, 4) is 0 Å². The molecule has 29 heavy (non-hydrogen) atoms. The third kappa shape index (κ3) is 3.21. The lowest BCUT2D eigenvalue weighted by molar-refractivity contribution is -0.132. The lowest BCUT2D eigenvalue weighted by Crippen LogP contribution is -2.51. The Morgan fingerprint density at radius 1 is 1.14 bits per heavy atom. The van der Waals surface area contributed by atoms with Crippen LogP contribution in [0.4, 0.5) is 0 Å². The SMILES string of the molecule is CCC1(O)CCC2C(CCC3C2CCC2(C)C(C(=O)Cc4ncco4)CCC32)C1. The number of nitrogens with zero attached hydrogens (tertiary/aromatic N) is 1. The maximum Gasteiger partial charge on any atom is 0.201 e. The zero-order valence-corrected chi connectivity index (χ0v) is 18.1. The molecular weight excluding hydrogens is 362 g/mol. The maximum absolute atomic E-state index is 13.1. The molecule has 0 bridgehead atoms. The number of Topliss-reactive ketones (excluding diaryl/α,β-unsaturated/α-hetero) is 1. The lowest BCUT2D eigenvalue weighted by Gasteiger charge is -2.57. The first-order valence-corrected chi connectivity index (χ1v) is 12.1. The second-order valence-corrected chi connectivity index (χ2v) is 11.0. The second kappa shape index (κ2) is 7.21. The summed E-state index contributed by atoms with van der Waals surface area (Å²) in [5.74, 6) is 4.95. The number of hydrogen-bond acceptors (Lipinski definition) is 4. The summed E-state index contributed by atoms with van der Waals surface area (Å²) < 4.78 is 5.35. The first-order valence-electron chi connectivity index (χ1n) is 12.1. The number of carbonyl (C=O) groups excluding carboxylic acids is 1. The van der Waals surface area contributed by atoms with E-state index in [2.05, 4.69) is 18.8 Å². The van der Waals surface area contributed by atoms with Crippen LogP contribution in [0.1, 0.15) is 83.9 Å². The van der Waals surface area contributed by atoms with Gasteiger partial charge in [0.25, 0.3) is 0 Å². The molecule has 4 nitrogen and oxygen atoms in total. The van der Waals surface area contributed by atoms with Crippen LogP contribution in [-0.4, -0.2) is 21.5 Å². The number of ketones is 1. The van der Waals surface area contributed by atoms with Gasteiger partial charge in [-0.05, 0) is 99.2 Å². The molecule has 4 heteroatoms. The first-order chi connectivity index (χ1) is 13.9. The maximum atomic E-state index is 13.1. The predicted octanol–water partition coefficient (Wildman–Crippen LogP) is 5.20. The largest absolute Gasteiger partial charge is 0.449 e. The number of hydrogen-bond donors (Lipinski definition) is 1. The topological polar surface area (TPSA) is 63.3 Å². The van der Waals surface area contributed by atoms with Gasteiger partial charge in [0, 0.05) is 5.92 Å². The minimum atomic E-state index is -0.401. The summed E-state index contributed by atoms with van der Waals surface area (Å²) in [7, 11) is 0. The molecule has 0 spiro atoms. The molecule has 160 valence electrons. The highest BCUT2D eigenvalue weighted by Gasteiger charge is 2.58. The fourth-order valence-electron chi connectivity index (χ4n) is 8.43. The Bertz CT molecular complexity index is 745. The third-order valence-corrected chi connectivity index (χ3v) is 9.96. The van der Waals surface area contributed by atoms with Crippen molar-refractivity contribution < 1.29 is 14.3 Å². The van der Waals surface area contributed by atoms with E-state index in [1.807, 2.05) is 0 Å². The Hall–Kier alpha value is -1.16. The fraction of sp³-hybridized carbons (Fsp3) is 0.840. The highest BCUT2D eigenvalue weighted by atomic mass is 16.3. The Kier molecular flexibility index (Phi) is 4.92. The molecule has 0 amide bonds. The molecule has 0 saturated heterocycles. The number of rotatable bonds is 4. The van der Waals surface area contributed by atoms with Crippen molar-refractivity contribution in [3.63, 3.8) is 0 Å². The molecule has 1 aromatic heterocycles. The molecule has 4 aliphatic rings. The van der Waals surface area contributed by atoms with Crippen LogP contribution < -0.4 is 0 Å². The van der Waals surface area contributed by atoms with Crippen molar-refractivity contribution >= 4 is 5.78 Å². The summed E-state index contributed by atoms with van der Waals surface area (Å²) in [6, 6.07) is 0. The fourth-order valence-corrected chi connectivity index (χ4v) is 8.43. The average molecular weight is 400 g/mol. The lowest BCUT2D eigenvalue weighted by atomic mass is 9.48. The van der Waals surface area contributed by atoms with Gasteiger partial charge in [0.05, 0.1) is 18.2 Å². The molecule has 5 rings (SSSR count). The molecular formula is C25H37NO3. The van der Waals surface area contributed by atoms with Gasteiger partial charge in [0.2, 0.25) is 5.89 Å². The van der Waals surface area contributed by atoms with E-state index >= 15 is 0 Å². The van der Waals surface area contributed by atoms with Crippen LogP contribution in [0.15, 0.2) is 16.9 Å². The van der Waals surface area contributed by atoms with Gasteiger partial charge in [-0.1, -0.05) is 13.8 Å². The minimum absolute atomic E-state index is 0.163. The first kappa shape index (κ1) is 19.8. The van der Waals surface area contributed by atoms with Crippen LogP contribution >= 0.6 is 0 Å². The smallest absolute Gasteiger partial charge is 0.201 e. The molecule has 0 aliphatic heterocycles. The average Bonchev–Trinajstić information content (AvgIpc) is 3.34. The number of oxazole rings is 1. The molecule has 1 N–H and O–H groups in total. The molecule has 4 fully saturated rings. The van der Waals surface area contributed by atoms with Crippen molar-refractivity contribution in [1.29, 1.82) is 0 Å². The second-order valence-electron chi connectivity index (χ2n) is 11.0. The number of fused-ring (bicyclic) bond motifs is 5. The molecule has 4 saturated carbocycles. The Labute approximate surface area is 174 Å². The molecule has 8 unspecified atom stereocenters. The van der Waals surface area contributed by atoms with Crippen LogP contribution in [0, 0.1) is 40.9 Å². The Morgan fingerprint density at radius 3 is 2.72 bits per heavy atom. The van der Waals surface area contributed by atoms with Crippen LogP contribution in [0.25, 0.3) is 0 Å². The highest BCUT2D eigenvalue weighted by molar-refractivity contribution is 5.83. The quantitative estimate of drug-likeness (QED) is 0.756. The van der Waals surface area contributed by atoms with Crippen LogP contribution in [0.3, 0.4) is 0 Å². The van der Waals surface area contributed by atoms with E-state index in [0.29, 0.717) is 24.0 Å². The predicted molar refractivity (Wildman–Crippen MR) is 111 cm³/mol.